The van der Waals surface area contributed by atoms with Crippen LogP contribution in [-0.4, -0.2) is 31.4 Å². The maximum absolute atomic E-state index is 13.0. The molecule has 3 rings (SSSR count). The predicted molar refractivity (Wildman–Crippen MR) is 79.6 cm³/mol. The van der Waals surface area contributed by atoms with Gasteiger partial charge in [0.1, 0.15) is 5.75 Å². The summed E-state index contributed by atoms with van der Waals surface area (Å²) in [4.78, 5) is 24.8. The Balaban J connectivity index is 2.19. The molecular weight excluding hydrogens is 308 g/mol. The lowest BCUT2D eigenvalue weighted by molar-refractivity contribution is -0.118. The van der Waals surface area contributed by atoms with Crippen molar-refractivity contribution in [1.82, 2.24) is 0 Å². The van der Waals surface area contributed by atoms with Gasteiger partial charge in [0.15, 0.2) is 17.3 Å². The first-order chi connectivity index (χ1) is 10.4. The molecule has 0 fully saturated rings. The number of hydrogen-bond donors (Lipinski definition) is 0. The van der Waals surface area contributed by atoms with Crippen molar-refractivity contribution in [2.75, 3.05) is 14.2 Å². The summed E-state index contributed by atoms with van der Waals surface area (Å²) < 4.78 is 16.4. The van der Waals surface area contributed by atoms with E-state index in [9.17, 15) is 9.59 Å². The van der Waals surface area contributed by atoms with E-state index in [4.69, 9.17) is 25.8 Å². The summed E-state index contributed by atoms with van der Waals surface area (Å²) in [5, 5.41) is 0.291. The van der Waals surface area contributed by atoms with Gasteiger partial charge in [-0.05, 0) is 6.07 Å². The third-order valence-corrected chi connectivity index (χ3v) is 4.46. The normalized spacial score (nSPS) is 26.5. The van der Waals surface area contributed by atoms with Crippen LogP contribution in [0, 0.1) is 5.92 Å². The standard InChI is InChI=1S/C16H15ClO5/c1-8-4-9(18)5-13(21-3)16(8)15(19)11-6-10(20-2)7-12(17)14(11)22-16/h5-8H,4H2,1-3H3/t8-,16+/m1/s1. The van der Waals surface area contributed by atoms with E-state index in [0.717, 1.165) is 0 Å². The van der Waals surface area contributed by atoms with Crippen LogP contribution in [0.3, 0.4) is 0 Å². The fraction of sp³-hybridized carbons (Fsp3) is 0.375. The molecule has 0 bridgehead atoms. The van der Waals surface area contributed by atoms with Crippen molar-refractivity contribution in [3.8, 4) is 11.5 Å². The lowest BCUT2D eigenvalue weighted by atomic mass is 9.75. The van der Waals surface area contributed by atoms with Crippen LogP contribution in [0.4, 0.5) is 0 Å². The van der Waals surface area contributed by atoms with Crippen LogP contribution < -0.4 is 9.47 Å². The Morgan fingerprint density at radius 2 is 2.00 bits per heavy atom. The van der Waals surface area contributed by atoms with E-state index in [0.29, 0.717) is 22.1 Å². The molecule has 0 unspecified atom stereocenters. The highest BCUT2D eigenvalue weighted by Crippen LogP contribution is 2.50. The monoisotopic (exact) mass is 322 g/mol. The molecule has 0 aromatic heterocycles. The second kappa shape index (κ2) is 5.02. The Hall–Kier alpha value is -2.01. The number of fused-ring (bicyclic) bond motifs is 1. The smallest absolute Gasteiger partial charge is 0.231 e. The van der Waals surface area contributed by atoms with Crippen molar-refractivity contribution in [3.05, 3.63) is 34.6 Å². The zero-order valence-electron chi connectivity index (χ0n) is 12.4. The molecule has 1 aromatic carbocycles. The molecular formula is C16H15ClO5. The van der Waals surface area contributed by atoms with Crippen LogP contribution in [-0.2, 0) is 9.53 Å². The number of ether oxygens (including phenoxy) is 3. The molecule has 2 atom stereocenters. The van der Waals surface area contributed by atoms with Crippen LogP contribution >= 0.6 is 11.6 Å². The minimum absolute atomic E-state index is 0.0917. The summed E-state index contributed by atoms with van der Waals surface area (Å²) >= 11 is 6.20. The van der Waals surface area contributed by atoms with E-state index in [2.05, 4.69) is 0 Å². The van der Waals surface area contributed by atoms with E-state index < -0.39 is 5.60 Å². The van der Waals surface area contributed by atoms with Crippen molar-refractivity contribution < 1.29 is 23.8 Å². The van der Waals surface area contributed by atoms with Crippen LogP contribution in [0.25, 0.3) is 0 Å². The highest BCUT2D eigenvalue weighted by Gasteiger charge is 2.58. The van der Waals surface area contributed by atoms with Gasteiger partial charge >= 0.3 is 0 Å². The molecule has 6 heteroatoms. The fourth-order valence-corrected chi connectivity index (χ4v) is 3.31. The maximum atomic E-state index is 13.0. The van der Waals surface area contributed by atoms with Gasteiger partial charge in [-0.2, -0.15) is 0 Å². The second-order valence-corrected chi connectivity index (χ2v) is 5.84. The average molecular weight is 323 g/mol. The van der Waals surface area contributed by atoms with Gasteiger partial charge in [0.25, 0.3) is 0 Å². The molecule has 5 nitrogen and oxygen atoms in total. The molecule has 2 aliphatic rings. The third kappa shape index (κ3) is 1.85. The molecule has 0 saturated heterocycles. The summed E-state index contributed by atoms with van der Waals surface area (Å²) in [6, 6.07) is 3.18. The molecule has 0 saturated carbocycles. The summed E-state index contributed by atoms with van der Waals surface area (Å²) in [5.74, 6) is 0.272. The minimum Gasteiger partial charge on any atom is -0.497 e. The van der Waals surface area contributed by atoms with Gasteiger partial charge in [0, 0.05) is 24.5 Å². The van der Waals surface area contributed by atoms with E-state index in [1.165, 1.54) is 20.3 Å². The predicted octanol–water partition coefficient (Wildman–Crippen LogP) is 2.80. The van der Waals surface area contributed by atoms with E-state index in [1.807, 2.05) is 0 Å². The summed E-state index contributed by atoms with van der Waals surface area (Å²) in [6.07, 6.45) is 1.54. The number of rotatable bonds is 2. The van der Waals surface area contributed by atoms with E-state index in [-0.39, 0.29) is 29.7 Å². The van der Waals surface area contributed by atoms with Crippen LogP contribution in [0.15, 0.2) is 24.0 Å². The van der Waals surface area contributed by atoms with Crippen LogP contribution in [0.2, 0.25) is 5.02 Å². The number of benzene rings is 1. The van der Waals surface area contributed by atoms with E-state index in [1.54, 1.807) is 19.1 Å². The molecule has 1 heterocycles. The average Bonchev–Trinajstić information content (AvgIpc) is 2.78. The Morgan fingerprint density at radius 1 is 1.27 bits per heavy atom. The molecule has 1 aromatic rings. The lowest BCUT2D eigenvalue weighted by Gasteiger charge is -2.36. The number of methoxy groups -OCH3 is 2. The van der Waals surface area contributed by atoms with Gasteiger partial charge in [-0.15, -0.1) is 0 Å². The number of allylic oxidation sites excluding steroid dienone is 1. The molecule has 0 radical (unpaired) electrons. The van der Waals surface area contributed by atoms with Gasteiger partial charge in [-0.1, -0.05) is 18.5 Å². The molecule has 1 aliphatic carbocycles. The van der Waals surface area contributed by atoms with Gasteiger partial charge < -0.3 is 14.2 Å². The first-order valence-electron chi connectivity index (χ1n) is 6.84. The second-order valence-electron chi connectivity index (χ2n) is 5.44. The van der Waals surface area contributed by atoms with Gasteiger partial charge in [0.05, 0.1) is 24.8 Å². The first-order valence-corrected chi connectivity index (χ1v) is 7.22. The molecule has 0 amide bonds. The van der Waals surface area contributed by atoms with Crippen LogP contribution in [0.5, 0.6) is 11.5 Å². The quantitative estimate of drug-likeness (QED) is 0.838. The molecule has 116 valence electrons. The van der Waals surface area contributed by atoms with Crippen molar-refractivity contribution in [3.63, 3.8) is 0 Å². The molecule has 0 N–H and O–H groups in total. The first kappa shape index (κ1) is 14.9. The Morgan fingerprint density at radius 3 is 2.64 bits per heavy atom. The number of hydrogen-bond acceptors (Lipinski definition) is 5. The van der Waals surface area contributed by atoms with Crippen LogP contribution in [0.1, 0.15) is 23.7 Å². The Labute approximate surface area is 132 Å². The van der Waals surface area contributed by atoms with Gasteiger partial charge in [0.2, 0.25) is 11.4 Å². The zero-order chi connectivity index (χ0) is 16.1. The van der Waals surface area contributed by atoms with Crippen molar-refractivity contribution in [2.24, 2.45) is 5.92 Å². The van der Waals surface area contributed by atoms with Gasteiger partial charge in [-0.25, -0.2) is 0 Å². The minimum atomic E-state index is -1.33. The molecule has 22 heavy (non-hydrogen) atoms. The SMILES string of the molecule is COC1=CC(=O)C[C@@H](C)[C@]12Oc1c(Cl)cc(OC)cc1C2=O. The number of Topliss-reactive ketones (excluding diaryl/α,β-unsaturated/α-hetero) is 1. The Bertz CT molecular complexity index is 709. The number of carbonyl (C=O) groups is 2. The number of carbonyl (C=O) groups excluding carboxylic acids is 2. The summed E-state index contributed by atoms with van der Waals surface area (Å²) in [7, 11) is 2.91. The fourth-order valence-electron chi connectivity index (χ4n) is 3.06. The highest BCUT2D eigenvalue weighted by molar-refractivity contribution is 6.33. The third-order valence-electron chi connectivity index (χ3n) is 4.18. The van der Waals surface area contributed by atoms with Crippen molar-refractivity contribution >= 4 is 23.2 Å². The Kier molecular flexibility index (Phi) is 3.40. The van der Waals surface area contributed by atoms with Crippen molar-refractivity contribution in [2.45, 2.75) is 18.9 Å². The van der Waals surface area contributed by atoms with Crippen molar-refractivity contribution in [1.29, 1.82) is 0 Å². The summed E-state index contributed by atoms with van der Waals surface area (Å²) in [6.45, 7) is 1.79. The molecule has 1 spiro atoms. The maximum Gasteiger partial charge on any atom is 0.231 e. The zero-order valence-corrected chi connectivity index (χ0v) is 13.2. The lowest BCUT2D eigenvalue weighted by Crippen LogP contribution is -2.51. The largest absolute Gasteiger partial charge is 0.497 e. The number of halogens is 1. The van der Waals surface area contributed by atoms with Gasteiger partial charge in [-0.3, -0.25) is 9.59 Å². The van der Waals surface area contributed by atoms with E-state index >= 15 is 0 Å². The molecule has 1 aliphatic heterocycles. The summed E-state index contributed by atoms with van der Waals surface area (Å²) in [5.41, 5.74) is -0.991. The number of ketones is 2. The topological polar surface area (TPSA) is 61.8 Å². The highest BCUT2D eigenvalue weighted by atomic mass is 35.5.